The summed E-state index contributed by atoms with van der Waals surface area (Å²) in [4.78, 5) is 23.4. The van der Waals surface area contributed by atoms with Crippen LogP contribution < -0.4 is 20.4 Å². The van der Waals surface area contributed by atoms with Crippen LogP contribution in [0.3, 0.4) is 0 Å². The van der Waals surface area contributed by atoms with Gasteiger partial charge in [0.25, 0.3) is 5.91 Å². The van der Waals surface area contributed by atoms with Gasteiger partial charge in [0, 0.05) is 11.1 Å². The van der Waals surface area contributed by atoms with Crippen molar-refractivity contribution in [1.29, 1.82) is 0 Å². The van der Waals surface area contributed by atoms with Gasteiger partial charge in [0.1, 0.15) is 11.4 Å². The molecule has 0 saturated heterocycles. The van der Waals surface area contributed by atoms with E-state index in [2.05, 4.69) is 5.32 Å². The number of carbonyl (C=O) groups excluding carboxylic acids is 2. The largest absolute Gasteiger partial charge is 0.545 e. The SMILES string of the molecule is COc1cc(C(=O)[O-])c(NC(=O)c2ccccc2)cc1N(O)O. The van der Waals surface area contributed by atoms with Crippen molar-refractivity contribution in [1.82, 2.24) is 0 Å². The van der Waals surface area contributed by atoms with Gasteiger partial charge in [0.05, 0.1) is 18.8 Å². The summed E-state index contributed by atoms with van der Waals surface area (Å²) in [7, 11) is 1.23. The van der Waals surface area contributed by atoms with Crippen molar-refractivity contribution in [2.75, 3.05) is 17.7 Å². The number of rotatable bonds is 5. The molecule has 23 heavy (non-hydrogen) atoms. The van der Waals surface area contributed by atoms with Gasteiger partial charge >= 0.3 is 0 Å². The Hall–Kier alpha value is -3.10. The fourth-order valence-electron chi connectivity index (χ4n) is 1.94. The summed E-state index contributed by atoms with van der Waals surface area (Å²) >= 11 is 0. The number of hydrogen-bond acceptors (Lipinski definition) is 7. The molecule has 0 atom stereocenters. The summed E-state index contributed by atoms with van der Waals surface area (Å²) in [5.41, 5.74) is -0.473. The van der Waals surface area contributed by atoms with E-state index >= 15 is 0 Å². The number of carboxylic acids is 1. The molecule has 0 aliphatic rings. The average molecular weight is 317 g/mol. The van der Waals surface area contributed by atoms with Gasteiger partial charge in [-0.15, -0.1) is 5.23 Å². The van der Waals surface area contributed by atoms with Crippen LogP contribution in [0.4, 0.5) is 11.4 Å². The molecule has 1 amide bonds. The normalized spacial score (nSPS) is 10.0. The quantitative estimate of drug-likeness (QED) is 0.700. The summed E-state index contributed by atoms with van der Waals surface area (Å²) in [6.45, 7) is 0. The fourth-order valence-corrected chi connectivity index (χ4v) is 1.94. The molecule has 3 N–H and O–H groups in total. The highest BCUT2D eigenvalue weighted by Gasteiger charge is 2.17. The third kappa shape index (κ3) is 3.57. The van der Waals surface area contributed by atoms with E-state index in [-0.39, 0.29) is 27.9 Å². The zero-order valence-corrected chi connectivity index (χ0v) is 12.0. The molecule has 2 aromatic rings. The summed E-state index contributed by atoms with van der Waals surface area (Å²) in [5, 5.41) is 31.7. The van der Waals surface area contributed by atoms with Crippen LogP contribution in [0.15, 0.2) is 42.5 Å². The second-order valence-corrected chi connectivity index (χ2v) is 4.47. The van der Waals surface area contributed by atoms with Crippen LogP contribution in [0, 0.1) is 0 Å². The van der Waals surface area contributed by atoms with E-state index in [0.29, 0.717) is 5.56 Å². The molecule has 2 aromatic carbocycles. The topological polar surface area (TPSA) is 122 Å². The van der Waals surface area contributed by atoms with Crippen LogP contribution in [-0.4, -0.2) is 29.4 Å². The Labute approximate surface area is 131 Å². The molecule has 0 aliphatic carbocycles. The first-order valence-electron chi connectivity index (χ1n) is 6.41. The zero-order chi connectivity index (χ0) is 17.0. The minimum Gasteiger partial charge on any atom is -0.545 e. The van der Waals surface area contributed by atoms with Crippen molar-refractivity contribution in [2.24, 2.45) is 0 Å². The number of carbonyl (C=O) groups is 2. The monoisotopic (exact) mass is 317 g/mol. The average Bonchev–Trinajstić information content (AvgIpc) is 2.54. The van der Waals surface area contributed by atoms with Crippen LogP contribution in [0.1, 0.15) is 20.7 Å². The molecular formula is C15H13N2O6-. The molecule has 0 saturated carbocycles. The van der Waals surface area contributed by atoms with Crippen LogP contribution in [0.2, 0.25) is 0 Å². The Morgan fingerprint density at radius 2 is 1.83 bits per heavy atom. The van der Waals surface area contributed by atoms with Gasteiger partial charge < -0.3 is 20.0 Å². The number of methoxy groups -OCH3 is 1. The van der Waals surface area contributed by atoms with E-state index in [1.165, 1.54) is 7.11 Å². The number of benzene rings is 2. The lowest BCUT2D eigenvalue weighted by Crippen LogP contribution is -2.25. The minimum absolute atomic E-state index is 0.119. The Balaban J connectivity index is 2.45. The molecule has 0 unspecified atom stereocenters. The van der Waals surface area contributed by atoms with Gasteiger partial charge in [-0.05, 0) is 24.3 Å². The molecule has 120 valence electrons. The van der Waals surface area contributed by atoms with Crippen molar-refractivity contribution >= 4 is 23.3 Å². The number of hydrogen-bond donors (Lipinski definition) is 3. The molecule has 2 rings (SSSR count). The van der Waals surface area contributed by atoms with Crippen molar-refractivity contribution in [3.63, 3.8) is 0 Å². The highest BCUT2D eigenvalue weighted by molar-refractivity contribution is 6.08. The molecule has 8 nitrogen and oxygen atoms in total. The van der Waals surface area contributed by atoms with E-state index in [1.54, 1.807) is 30.3 Å². The predicted octanol–water partition coefficient (Wildman–Crippen LogP) is 0.896. The number of nitrogens with zero attached hydrogens (tertiary/aromatic N) is 1. The van der Waals surface area contributed by atoms with Crippen LogP contribution in [0.5, 0.6) is 5.75 Å². The molecule has 0 aromatic heterocycles. The highest BCUT2D eigenvalue weighted by Crippen LogP contribution is 2.33. The third-order valence-corrected chi connectivity index (χ3v) is 3.04. The number of anilines is 2. The van der Waals surface area contributed by atoms with Crippen molar-refractivity contribution in [3.05, 3.63) is 53.6 Å². The van der Waals surface area contributed by atoms with Crippen molar-refractivity contribution < 1.29 is 29.8 Å². The molecular weight excluding hydrogens is 304 g/mol. The Morgan fingerprint density at radius 1 is 1.17 bits per heavy atom. The summed E-state index contributed by atoms with van der Waals surface area (Å²) < 4.78 is 4.88. The van der Waals surface area contributed by atoms with Crippen LogP contribution >= 0.6 is 0 Å². The number of aromatic carboxylic acids is 1. The number of carboxylic acid groups (broad SMARTS) is 1. The summed E-state index contributed by atoms with van der Waals surface area (Å²) in [6, 6.07) is 10.2. The standard InChI is InChI=1S/C15H14N2O6/c1-23-13-7-10(15(19)20)11(8-12(13)17(21)22)16-14(18)9-5-3-2-4-6-9/h2-8,21-22H,1H3,(H,16,18)(H,19,20)/p-1. The van der Waals surface area contributed by atoms with Crippen LogP contribution in [-0.2, 0) is 0 Å². The van der Waals surface area contributed by atoms with Crippen LogP contribution in [0.25, 0.3) is 0 Å². The molecule has 0 fully saturated rings. The Kier molecular flexibility index (Phi) is 4.79. The zero-order valence-electron chi connectivity index (χ0n) is 12.0. The second-order valence-electron chi connectivity index (χ2n) is 4.47. The highest BCUT2D eigenvalue weighted by atomic mass is 16.8. The predicted molar refractivity (Wildman–Crippen MR) is 77.8 cm³/mol. The first kappa shape index (κ1) is 16.3. The maximum atomic E-state index is 12.1. The second kappa shape index (κ2) is 6.77. The van der Waals surface area contributed by atoms with Gasteiger partial charge in [-0.25, -0.2) is 0 Å². The molecule has 0 bridgehead atoms. The first-order chi connectivity index (χ1) is 10.9. The van der Waals surface area contributed by atoms with E-state index in [0.717, 1.165) is 12.1 Å². The van der Waals surface area contributed by atoms with E-state index in [9.17, 15) is 25.1 Å². The number of nitrogens with one attached hydrogen (secondary N) is 1. The van der Waals surface area contributed by atoms with E-state index in [4.69, 9.17) is 4.74 Å². The number of amides is 1. The van der Waals surface area contributed by atoms with Gasteiger partial charge in [-0.2, -0.15) is 0 Å². The number of ether oxygens (including phenoxy) is 1. The maximum Gasteiger partial charge on any atom is 0.255 e. The third-order valence-electron chi connectivity index (χ3n) is 3.04. The smallest absolute Gasteiger partial charge is 0.255 e. The van der Waals surface area contributed by atoms with Gasteiger partial charge in [0.15, 0.2) is 0 Å². The Bertz CT molecular complexity index is 730. The minimum atomic E-state index is -1.55. The fraction of sp³-hybridized carbons (Fsp3) is 0.0667. The first-order valence-corrected chi connectivity index (χ1v) is 6.41. The summed E-state index contributed by atoms with van der Waals surface area (Å²) in [6.07, 6.45) is 0. The molecule has 8 heteroatoms. The van der Waals surface area contributed by atoms with Gasteiger partial charge in [-0.3, -0.25) is 15.2 Å². The molecule has 0 spiro atoms. The van der Waals surface area contributed by atoms with Crippen molar-refractivity contribution in [3.8, 4) is 5.75 Å². The van der Waals surface area contributed by atoms with E-state index < -0.39 is 11.9 Å². The molecule has 0 heterocycles. The molecule has 0 radical (unpaired) electrons. The van der Waals surface area contributed by atoms with E-state index in [1.807, 2.05) is 0 Å². The maximum absolute atomic E-state index is 12.1. The lowest BCUT2D eigenvalue weighted by atomic mass is 10.1. The van der Waals surface area contributed by atoms with Gasteiger partial charge in [-0.1, -0.05) is 18.2 Å². The summed E-state index contributed by atoms with van der Waals surface area (Å²) in [5.74, 6) is -2.24. The Morgan fingerprint density at radius 3 is 2.35 bits per heavy atom. The lowest BCUT2D eigenvalue weighted by Gasteiger charge is -2.18. The molecule has 0 aliphatic heterocycles. The van der Waals surface area contributed by atoms with Gasteiger partial charge in [0.2, 0.25) is 0 Å². The van der Waals surface area contributed by atoms with Crippen molar-refractivity contribution in [2.45, 2.75) is 0 Å². The lowest BCUT2D eigenvalue weighted by molar-refractivity contribution is -0.254.